The summed E-state index contributed by atoms with van der Waals surface area (Å²) in [6.07, 6.45) is -2.43. The van der Waals surface area contributed by atoms with Crippen molar-refractivity contribution >= 4 is 40.5 Å². The molecule has 40 heavy (non-hydrogen) atoms. The Balaban J connectivity index is 1.58. The van der Waals surface area contributed by atoms with Crippen LogP contribution in [0, 0.1) is 0 Å². The maximum Gasteiger partial charge on any atom is 0.407 e. The summed E-state index contributed by atoms with van der Waals surface area (Å²) in [5, 5.41) is 9.72. The molecule has 0 atom stereocenters. The molecule has 5 rings (SSSR count). The number of halogens is 4. The molecule has 2 amide bonds. The zero-order valence-corrected chi connectivity index (χ0v) is 23.2. The molecule has 1 saturated heterocycles. The molecule has 1 spiro atoms. The minimum atomic E-state index is -4.30. The van der Waals surface area contributed by atoms with Crippen molar-refractivity contribution in [1.29, 1.82) is 0 Å². The van der Waals surface area contributed by atoms with Crippen LogP contribution in [0.25, 0.3) is 11.2 Å². The fourth-order valence-corrected chi connectivity index (χ4v) is 6.03. The average molecular weight is 579 g/mol. The number of pyridine rings is 2. The number of likely N-dealkylation sites (tertiary alicyclic amines) is 1. The second-order valence-corrected chi connectivity index (χ2v) is 11.8. The van der Waals surface area contributed by atoms with Gasteiger partial charge in [0.1, 0.15) is 11.0 Å². The van der Waals surface area contributed by atoms with E-state index in [0.717, 1.165) is 11.1 Å². The van der Waals surface area contributed by atoms with E-state index in [-0.39, 0.29) is 54.7 Å². The third-order valence-corrected chi connectivity index (χ3v) is 8.06. The SMILES string of the molecule is CC(C)(C)c1cncc2c1C1(CCN(C(=O)O)CC1)C(=O)N2Cc1nc2nc(Cl)ccc2n1CCCC(F)(F)F. The summed E-state index contributed by atoms with van der Waals surface area (Å²) in [7, 11) is 0. The van der Waals surface area contributed by atoms with Gasteiger partial charge in [0.05, 0.1) is 29.4 Å². The molecular formula is C27H30ClF3N6O3. The largest absolute Gasteiger partial charge is 0.465 e. The lowest BCUT2D eigenvalue weighted by Gasteiger charge is -2.39. The van der Waals surface area contributed by atoms with Crippen LogP contribution >= 0.6 is 11.6 Å². The van der Waals surface area contributed by atoms with E-state index in [0.29, 0.717) is 29.9 Å². The third-order valence-electron chi connectivity index (χ3n) is 7.84. The highest BCUT2D eigenvalue weighted by Gasteiger charge is 2.54. The minimum absolute atomic E-state index is 0.00843. The van der Waals surface area contributed by atoms with Gasteiger partial charge in [-0.25, -0.2) is 14.8 Å². The molecule has 3 aromatic rings. The van der Waals surface area contributed by atoms with Crippen molar-refractivity contribution in [1.82, 2.24) is 24.4 Å². The summed E-state index contributed by atoms with van der Waals surface area (Å²) in [5.41, 5.74) is 1.87. The second kappa shape index (κ2) is 9.90. The van der Waals surface area contributed by atoms with Gasteiger partial charge in [-0.3, -0.25) is 9.78 Å². The van der Waals surface area contributed by atoms with Crippen LogP contribution in [0.4, 0.5) is 23.7 Å². The first kappa shape index (κ1) is 28.1. The molecule has 0 radical (unpaired) electrons. The number of hydrogen-bond acceptors (Lipinski definition) is 5. The molecule has 1 fully saturated rings. The van der Waals surface area contributed by atoms with Crippen LogP contribution in [0.1, 0.15) is 63.4 Å². The number of rotatable bonds is 5. The molecule has 0 saturated carbocycles. The van der Waals surface area contributed by atoms with E-state index in [9.17, 15) is 27.9 Å². The molecule has 0 aliphatic carbocycles. The Bertz CT molecular complexity index is 1470. The number of imidazole rings is 1. The Hall–Kier alpha value is -3.41. The third kappa shape index (κ3) is 4.97. The van der Waals surface area contributed by atoms with Gasteiger partial charge in [-0.2, -0.15) is 13.2 Å². The first-order chi connectivity index (χ1) is 18.7. The Morgan fingerprint density at radius 3 is 2.45 bits per heavy atom. The van der Waals surface area contributed by atoms with Gasteiger partial charge in [0.25, 0.3) is 0 Å². The van der Waals surface area contributed by atoms with E-state index in [2.05, 4.69) is 15.0 Å². The highest BCUT2D eigenvalue weighted by Crippen LogP contribution is 2.51. The standard InChI is InChI=1S/C27H30ClF3N6O3/c1-25(2,3)16-13-32-14-18-21(16)26(8-11-35(12-9-26)24(39)40)23(38)37(18)15-20-34-22-17(5-6-19(28)33-22)36(20)10-4-7-27(29,30)31/h5-6,13-14H,4,7-12,15H2,1-3H3,(H,39,40). The topological polar surface area (TPSA) is 104 Å². The van der Waals surface area contributed by atoms with Gasteiger partial charge in [0, 0.05) is 32.3 Å². The minimum Gasteiger partial charge on any atom is -0.465 e. The number of carbonyl (C=O) groups is 2. The van der Waals surface area contributed by atoms with Gasteiger partial charge < -0.3 is 19.5 Å². The van der Waals surface area contributed by atoms with Crippen molar-refractivity contribution in [2.24, 2.45) is 0 Å². The monoisotopic (exact) mass is 578 g/mol. The predicted octanol–water partition coefficient (Wildman–Crippen LogP) is 5.68. The molecule has 0 aromatic carbocycles. The van der Waals surface area contributed by atoms with Crippen molar-refractivity contribution in [3.63, 3.8) is 0 Å². The number of aryl methyl sites for hydroxylation is 1. The van der Waals surface area contributed by atoms with E-state index < -0.39 is 24.1 Å². The summed E-state index contributed by atoms with van der Waals surface area (Å²) in [5.74, 6) is 0.193. The number of anilines is 1. The molecule has 2 aliphatic rings. The first-order valence-electron chi connectivity index (χ1n) is 13.1. The van der Waals surface area contributed by atoms with Crippen LogP contribution in [0.15, 0.2) is 24.5 Å². The van der Waals surface area contributed by atoms with Gasteiger partial charge in [0.15, 0.2) is 5.65 Å². The summed E-state index contributed by atoms with van der Waals surface area (Å²) in [4.78, 5) is 42.1. The molecule has 13 heteroatoms. The predicted molar refractivity (Wildman–Crippen MR) is 142 cm³/mol. The van der Waals surface area contributed by atoms with Crippen LogP contribution in [-0.2, 0) is 28.7 Å². The van der Waals surface area contributed by atoms with Crippen LogP contribution in [0.5, 0.6) is 0 Å². The molecule has 5 heterocycles. The molecule has 1 N–H and O–H groups in total. The number of fused-ring (bicyclic) bond motifs is 3. The summed E-state index contributed by atoms with van der Waals surface area (Å²) in [6.45, 7) is 6.54. The van der Waals surface area contributed by atoms with Crippen LogP contribution in [0.2, 0.25) is 5.15 Å². The fraction of sp³-hybridized carbons (Fsp3) is 0.519. The number of piperidine rings is 1. The Morgan fingerprint density at radius 2 is 1.82 bits per heavy atom. The van der Waals surface area contributed by atoms with E-state index in [1.54, 1.807) is 34.0 Å². The molecule has 0 bridgehead atoms. The lowest BCUT2D eigenvalue weighted by atomic mass is 9.69. The van der Waals surface area contributed by atoms with Gasteiger partial charge in [0.2, 0.25) is 5.91 Å². The van der Waals surface area contributed by atoms with Crippen molar-refractivity contribution in [3.8, 4) is 0 Å². The number of carboxylic acid groups (broad SMARTS) is 1. The lowest BCUT2D eigenvalue weighted by molar-refractivity contribution is -0.135. The number of hydrogen-bond donors (Lipinski definition) is 1. The van der Waals surface area contributed by atoms with E-state index in [4.69, 9.17) is 11.6 Å². The van der Waals surface area contributed by atoms with Crippen molar-refractivity contribution in [3.05, 3.63) is 46.6 Å². The van der Waals surface area contributed by atoms with E-state index in [1.807, 2.05) is 20.8 Å². The smallest absolute Gasteiger partial charge is 0.407 e. The number of aromatic nitrogens is 4. The van der Waals surface area contributed by atoms with E-state index >= 15 is 0 Å². The van der Waals surface area contributed by atoms with Gasteiger partial charge in [-0.05, 0) is 47.9 Å². The van der Waals surface area contributed by atoms with Crippen molar-refractivity contribution in [2.45, 2.75) is 76.6 Å². The van der Waals surface area contributed by atoms with Crippen molar-refractivity contribution < 1.29 is 27.9 Å². The Kier molecular flexibility index (Phi) is 6.96. The molecule has 9 nitrogen and oxygen atoms in total. The van der Waals surface area contributed by atoms with Gasteiger partial charge in [-0.15, -0.1) is 0 Å². The fourth-order valence-electron chi connectivity index (χ4n) is 5.88. The molecule has 2 aliphatic heterocycles. The molecule has 3 aromatic heterocycles. The average Bonchev–Trinajstić information content (AvgIpc) is 3.31. The normalized spacial score (nSPS) is 17.2. The highest BCUT2D eigenvalue weighted by atomic mass is 35.5. The summed E-state index contributed by atoms with van der Waals surface area (Å²) >= 11 is 6.07. The summed E-state index contributed by atoms with van der Waals surface area (Å²) in [6, 6.07) is 3.22. The lowest BCUT2D eigenvalue weighted by Crippen LogP contribution is -2.50. The molecule has 0 unspecified atom stereocenters. The number of alkyl halides is 3. The Morgan fingerprint density at radius 1 is 1.12 bits per heavy atom. The zero-order chi connectivity index (χ0) is 29.0. The molecular weight excluding hydrogens is 549 g/mol. The van der Waals surface area contributed by atoms with Gasteiger partial charge in [-0.1, -0.05) is 32.4 Å². The second-order valence-electron chi connectivity index (χ2n) is 11.4. The zero-order valence-electron chi connectivity index (χ0n) is 22.4. The van der Waals surface area contributed by atoms with Gasteiger partial charge >= 0.3 is 12.3 Å². The van der Waals surface area contributed by atoms with Crippen LogP contribution in [-0.4, -0.2) is 60.8 Å². The quantitative estimate of drug-likeness (QED) is 0.391. The maximum absolute atomic E-state index is 14.3. The Labute approximate surface area is 234 Å². The van der Waals surface area contributed by atoms with Crippen molar-refractivity contribution in [2.75, 3.05) is 18.0 Å². The maximum atomic E-state index is 14.3. The highest BCUT2D eigenvalue weighted by molar-refractivity contribution is 6.29. The number of amides is 2. The van der Waals surface area contributed by atoms with Crippen LogP contribution in [0.3, 0.4) is 0 Å². The number of nitrogens with zero attached hydrogens (tertiary/aromatic N) is 6. The van der Waals surface area contributed by atoms with Crippen LogP contribution < -0.4 is 4.90 Å². The summed E-state index contributed by atoms with van der Waals surface area (Å²) < 4.78 is 40.5. The van der Waals surface area contributed by atoms with E-state index in [1.165, 1.54) is 4.90 Å². The first-order valence-corrected chi connectivity index (χ1v) is 13.5. The number of carbonyl (C=O) groups excluding carboxylic acids is 1. The molecule has 214 valence electrons.